The topological polar surface area (TPSA) is 42.7 Å². The summed E-state index contributed by atoms with van der Waals surface area (Å²) in [6.07, 6.45) is 9.85. The molecule has 0 bridgehead atoms. The summed E-state index contributed by atoms with van der Waals surface area (Å²) in [7, 11) is 0. The molecule has 2 rings (SSSR count). The fourth-order valence-corrected chi connectivity index (χ4v) is 4.20. The van der Waals surface area contributed by atoms with Gasteiger partial charge in [0.15, 0.2) is 0 Å². The van der Waals surface area contributed by atoms with Crippen molar-refractivity contribution < 1.29 is 0 Å². The molecule has 4 nitrogen and oxygen atoms in total. The van der Waals surface area contributed by atoms with Crippen LogP contribution in [-0.2, 0) is 6.54 Å². The van der Waals surface area contributed by atoms with Gasteiger partial charge in [0.1, 0.15) is 0 Å². The molecular weight excluding hydrogens is 268 g/mol. The number of aromatic nitrogens is 3. The zero-order chi connectivity index (χ0) is 14.2. The summed E-state index contributed by atoms with van der Waals surface area (Å²) in [6, 6.07) is 0.391. The first-order chi connectivity index (χ1) is 9.85. The molecule has 1 unspecified atom stereocenters. The third-order valence-corrected chi connectivity index (χ3v) is 5.35. The zero-order valence-corrected chi connectivity index (χ0v) is 13.7. The van der Waals surface area contributed by atoms with Crippen molar-refractivity contribution in [3.8, 4) is 0 Å². The molecule has 1 aromatic rings. The molecule has 1 atom stereocenters. The predicted molar refractivity (Wildman–Crippen MR) is 86.1 cm³/mol. The first-order valence-electron chi connectivity index (χ1n) is 8.08. The molecule has 1 aliphatic carbocycles. The maximum atomic E-state index is 4.23. The molecule has 5 heteroatoms. The second-order valence-corrected chi connectivity index (χ2v) is 6.96. The molecule has 0 aromatic carbocycles. The molecule has 114 valence electrons. The maximum Gasteiger partial charge on any atom is 0.0764 e. The van der Waals surface area contributed by atoms with Gasteiger partial charge < -0.3 is 5.32 Å². The first kappa shape index (κ1) is 15.8. The van der Waals surface area contributed by atoms with Crippen molar-refractivity contribution in [2.24, 2.45) is 0 Å². The summed E-state index contributed by atoms with van der Waals surface area (Å²) in [5, 5.41) is 12.9. The highest BCUT2D eigenvalue weighted by Crippen LogP contribution is 2.32. The van der Waals surface area contributed by atoms with E-state index in [0.717, 1.165) is 30.5 Å². The van der Waals surface area contributed by atoms with Gasteiger partial charge in [0.2, 0.25) is 0 Å². The predicted octanol–water partition coefficient (Wildman–Crippen LogP) is 3.40. The standard InChI is InChI=1S/C15H28N4S/c1-3-9-16-14(12-20-13-7-5-6-8-13)15-11-17-18-19(15)10-4-2/h11,13-14,16H,3-10,12H2,1-2H3. The van der Waals surface area contributed by atoms with Crippen LogP contribution in [0.5, 0.6) is 0 Å². The van der Waals surface area contributed by atoms with Crippen LogP contribution in [0.3, 0.4) is 0 Å². The number of hydrogen-bond acceptors (Lipinski definition) is 4. The smallest absolute Gasteiger partial charge is 0.0764 e. The first-order valence-corrected chi connectivity index (χ1v) is 9.13. The summed E-state index contributed by atoms with van der Waals surface area (Å²) in [5.41, 5.74) is 1.26. The Morgan fingerprint density at radius 1 is 1.35 bits per heavy atom. The van der Waals surface area contributed by atoms with Crippen molar-refractivity contribution in [3.63, 3.8) is 0 Å². The lowest BCUT2D eigenvalue weighted by Gasteiger charge is -2.20. The van der Waals surface area contributed by atoms with Gasteiger partial charge >= 0.3 is 0 Å². The number of nitrogens with one attached hydrogen (secondary N) is 1. The van der Waals surface area contributed by atoms with Gasteiger partial charge in [0, 0.05) is 17.5 Å². The molecule has 1 N–H and O–H groups in total. The molecule has 0 amide bonds. The second kappa shape index (κ2) is 8.67. The van der Waals surface area contributed by atoms with Crippen molar-refractivity contribution in [1.82, 2.24) is 20.3 Å². The van der Waals surface area contributed by atoms with E-state index in [4.69, 9.17) is 0 Å². The Morgan fingerprint density at radius 3 is 2.85 bits per heavy atom. The Balaban J connectivity index is 1.95. The summed E-state index contributed by atoms with van der Waals surface area (Å²) < 4.78 is 2.07. The van der Waals surface area contributed by atoms with Gasteiger partial charge in [-0.15, -0.1) is 5.10 Å². The zero-order valence-electron chi connectivity index (χ0n) is 12.8. The monoisotopic (exact) mass is 296 g/mol. The molecule has 1 saturated carbocycles. The van der Waals surface area contributed by atoms with Crippen molar-refractivity contribution >= 4 is 11.8 Å². The number of rotatable bonds is 9. The molecule has 1 aromatic heterocycles. The van der Waals surface area contributed by atoms with Crippen LogP contribution < -0.4 is 5.32 Å². The van der Waals surface area contributed by atoms with Gasteiger partial charge in [-0.2, -0.15) is 11.8 Å². The minimum absolute atomic E-state index is 0.391. The molecule has 20 heavy (non-hydrogen) atoms. The van der Waals surface area contributed by atoms with Crippen LogP contribution in [0.25, 0.3) is 0 Å². The van der Waals surface area contributed by atoms with Gasteiger partial charge in [-0.25, -0.2) is 4.68 Å². The van der Waals surface area contributed by atoms with Crippen LogP contribution in [0.1, 0.15) is 64.1 Å². The average Bonchev–Trinajstić information content (AvgIpc) is 3.11. The fraction of sp³-hybridized carbons (Fsp3) is 0.867. The Bertz CT molecular complexity index is 374. The maximum absolute atomic E-state index is 4.23. The van der Waals surface area contributed by atoms with E-state index in [1.165, 1.54) is 37.8 Å². The van der Waals surface area contributed by atoms with Gasteiger partial charge in [-0.1, -0.05) is 31.9 Å². The average molecular weight is 296 g/mol. The van der Waals surface area contributed by atoms with Crippen LogP contribution in [0.2, 0.25) is 0 Å². The summed E-state index contributed by atoms with van der Waals surface area (Å²) in [6.45, 7) is 6.43. The third kappa shape index (κ3) is 4.48. The molecule has 1 aliphatic rings. The second-order valence-electron chi connectivity index (χ2n) is 5.63. The lowest BCUT2D eigenvalue weighted by molar-refractivity contribution is 0.492. The number of thioether (sulfide) groups is 1. The molecule has 1 fully saturated rings. The highest BCUT2D eigenvalue weighted by atomic mass is 32.2. The fourth-order valence-electron chi connectivity index (χ4n) is 2.78. The Hall–Kier alpha value is -0.550. The van der Waals surface area contributed by atoms with Crippen LogP contribution in [0, 0.1) is 0 Å². The molecule has 1 heterocycles. The molecular formula is C15H28N4S. The minimum atomic E-state index is 0.391. The Labute approximate surface area is 127 Å². The van der Waals surface area contributed by atoms with Gasteiger partial charge in [-0.05, 0) is 32.2 Å². The van der Waals surface area contributed by atoms with Gasteiger partial charge in [0.25, 0.3) is 0 Å². The normalized spacial score (nSPS) is 17.7. The van der Waals surface area contributed by atoms with Crippen molar-refractivity contribution in [2.45, 2.75) is 70.2 Å². The SMILES string of the molecule is CCCNC(CSC1CCCC1)c1cnnn1CCC. The molecule has 0 radical (unpaired) electrons. The lowest BCUT2D eigenvalue weighted by Crippen LogP contribution is -2.27. The van der Waals surface area contributed by atoms with E-state index >= 15 is 0 Å². The van der Waals surface area contributed by atoms with Crippen molar-refractivity contribution in [1.29, 1.82) is 0 Å². The van der Waals surface area contributed by atoms with Crippen LogP contribution in [-0.4, -0.2) is 32.5 Å². The van der Waals surface area contributed by atoms with E-state index in [-0.39, 0.29) is 0 Å². The van der Waals surface area contributed by atoms with E-state index in [2.05, 4.69) is 45.9 Å². The van der Waals surface area contributed by atoms with Gasteiger partial charge in [0.05, 0.1) is 17.9 Å². The number of hydrogen-bond donors (Lipinski definition) is 1. The molecule has 0 spiro atoms. The van der Waals surface area contributed by atoms with E-state index in [1.807, 2.05) is 6.20 Å². The molecule has 0 saturated heterocycles. The van der Waals surface area contributed by atoms with E-state index in [0.29, 0.717) is 6.04 Å². The van der Waals surface area contributed by atoms with Crippen molar-refractivity contribution in [2.75, 3.05) is 12.3 Å². The number of aryl methyl sites for hydroxylation is 1. The summed E-state index contributed by atoms with van der Waals surface area (Å²) >= 11 is 2.14. The molecule has 0 aliphatic heterocycles. The van der Waals surface area contributed by atoms with Gasteiger partial charge in [-0.3, -0.25) is 0 Å². The van der Waals surface area contributed by atoms with Crippen molar-refractivity contribution in [3.05, 3.63) is 11.9 Å². The van der Waals surface area contributed by atoms with Crippen LogP contribution in [0.15, 0.2) is 6.20 Å². The van der Waals surface area contributed by atoms with E-state index in [1.54, 1.807) is 0 Å². The Morgan fingerprint density at radius 2 is 2.15 bits per heavy atom. The third-order valence-electron chi connectivity index (χ3n) is 3.88. The highest BCUT2D eigenvalue weighted by molar-refractivity contribution is 7.99. The van der Waals surface area contributed by atoms with Crippen LogP contribution >= 0.6 is 11.8 Å². The van der Waals surface area contributed by atoms with E-state index in [9.17, 15) is 0 Å². The summed E-state index contributed by atoms with van der Waals surface area (Å²) in [5.74, 6) is 1.14. The van der Waals surface area contributed by atoms with E-state index < -0.39 is 0 Å². The Kier molecular flexibility index (Phi) is 6.87. The number of nitrogens with zero attached hydrogens (tertiary/aromatic N) is 3. The largest absolute Gasteiger partial charge is 0.308 e. The summed E-state index contributed by atoms with van der Waals surface area (Å²) in [4.78, 5) is 0. The lowest BCUT2D eigenvalue weighted by atomic mass is 10.2. The quantitative estimate of drug-likeness (QED) is 0.758. The van der Waals surface area contributed by atoms with Crippen LogP contribution in [0.4, 0.5) is 0 Å². The highest BCUT2D eigenvalue weighted by Gasteiger charge is 2.21. The minimum Gasteiger partial charge on any atom is -0.308 e.